The number of amides is 1. The minimum atomic E-state index is -4.71. The highest BCUT2D eigenvalue weighted by atomic mass is 19.4. The summed E-state index contributed by atoms with van der Waals surface area (Å²) in [6.07, 6.45) is -7.55. The summed E-state index contributed by atoms with van der Waals surface area (Å²) in [7, 11) is 0. The Balaban J connectivity index is 1.98. The van der Waals surface area contributed by atoms with Gasteiger partial charge in [0.1, 0.15) is 5.82 Å². The van der Waals surface area contributed by atoms with Gasteiger partial charge in [0.25, 0.3) is 11.9 Å². The fourth-order valence-corrected chi connectivity index (χ4v) is 3.06. The topological polar surface area (TPSA) is 50.7 Å². The average molecular weight is 394 g/mol. The first kappa shape index (κ1) is 19.9. The number of rotatable bonds is 2. The van der Waals surface area contributed by atoms with Crippen LogP contribution in [0.3, 0.4) is 0 Å². The maximum atomic E-state index is 14.5. The molecule has 1 N–H and O–H groups in total. The highest BCUT2D eigenvalue weighted by Crippen LogP contribution is 2.41. The molecule has 0 saturated heterocycles. The number of aliphatic imine (C=N–C) groups is 1. The molecule has 2 atom stereocenters. The van der Waals surface area contributed by atoms with Crippen LogP contribution in [-0.4, -0.2) is 24.2 Å². The van der Waals surface area contributed by atoms with Crippen molar-refractivity contribution in [1.82, 2.24) is 5.32 Å². The number of aryl methyl sites for hydroxylation is 1. The normalized spacial score (nSPS) is 22.2. The summed E-state index contributed by atoms with van der Waals surface area (Å²) in [5, 5.41) is 2.26. The molecular weight excluding hydrogens is 376 g/mol. The molecule has 28 heavy (non-hydrogen) atoms. The van der Waals surface area contributed by atoms with Crippen molar-refractivity contribution >= 4 is 11.9 Å². The predicted molar refractivity (Wildman–Crippen MR) is 95.4 cm³/mol. The molecule has 3 rings (SSSR count). The van der Waals surface area contributed by atoms with Gasteiger partial charge in [-0.1, -0.05) is 30.3 Å². The average Bonchev–Trinajstić information content (AvgIpc) is 2.61. The van der Waals surface area contributed by atoms with E-state index in [1.165, 1.54) is 31.2 Å². The molecule has 0 saturated carbocycles. The number of nitrogens with zero attached hydrogens (tertiary/aromatic N) is 1. The molecule has 2 aromatic carbocycles. The zero-order valence-corrected chi connectivity index (χ0v) is 15.2. The Hall–Kier alpha value is -2.90. The smallest absolute Gasteiger partial charge is 0.425 e. The van der Waals surface area contributed by atoms with E-state index in [0.29, 0.717) is 5.56 Å². The molecular formula is C20H18F4N2O2. The fourth-order valence-electron chi connectivity index (χ4n) is 3.06. The number of ether oxygens (including phenoxy) is 1. The van der Waals surface area contributed by atoms with Crippen LogP contribution in [0.1, 0.15) is 34.8 Å². The Morgan fingerprint density at radius 1 is 1.21 bits per heavy atom. The molecule has 0 fully saturated rings. The van der Waals surface area contributed by atoms with Gasteiger partial charge in [-0.25, -0.2) is 9.38 Å². The Bertz CT molecular complexity index is 912. The third-order valence-corrected chi connectivity index (χ3v) is 4.51. The van der Waals surface area contributed by atoms with Gasteiger partial charge in [0.15, 0.2) is 6.10 Å². The quantitative estimate of drug-likeness (QED) is 0.764. The van der Waals surface area contributed by atoms with Crippen molar-refractivity contribution in [2.45, 2.75) is 38.1 Å². The fraction of sp³-hybridized carbons (Fsp3) is 0.300. The third kappa shape index (κ3) is 4.16. The predicted octanol–water partition coefficient (Wildman–Crippen LogP) is 4.49. The number of amidine groups is 1. The largest absolute Gasteiger partial charge is 0.452 e. The summed E-state index contributed by atoms with van der Waals surface area (Å²) in [5.74, 6) is -1.34. The number of hydrogen-bond acceptors (Lipinski definition) is 3. The maximum Gasteiger partial charge on any atom is 0.425 e. The number of alkyl halides is 3. The number of carbonyl (C=O) groups is 1. The summed E-state index contributed by atoms with van der Waals surface area (Å²) in [6.45, 7) is 3.06. The standard InChI is InChI=1S/C20H18F4N2O2/c1-12-8-9-14(15(21)10-12)19(2)11-16(20(22,23)24)28-18(26-19)25-17(27)13-6-4-3-5-7-13/h3-10,16H,11H2,1-2H3,(H,25,26,27)/t16-,19-/m0/s1. The molecule has 8 heteroatoms. The molecule has 148 valence electrons. The summed E-state index contributed by atoms with van der Waals surface area (Å²) < 4.78 is 59.6. The Labute approximate surface area is 159 Å². The zero-order valence-electron chi connectivity index (χ0n) is 15.2. The van der Waals surface area contributed by atoms with E-state index in [4.69, 9.17) is 4.74 Å². The second-order valence-corrected chi connectivity index (χ2v) is 6.85. The molecule has 0 aromatic heterocycles. The molecule has 1 aliphatic heterocycles. The Morgan fingerprint density at radius 2 is 1.89 bits per heavy atom. The minimum Gasteiger partial charge on any atom is -0.452 e. The SMILES string of the molecule is Cc1ccc([C@]2(C)C[C@@H](C(F)(F)F)OC(NC(=O)c3ccccc3)=N2)c(F)c1. The molecule has 0 radical (unpaired) electrons. The van der Waals surface area contributed by atoms with Crippen LogP contribution in [0.5, 0.6) is 0 Å². The van der Waals surface area contributed by atoms with Gasteiger partial charge in [-0.05, 0) is 37.6 Å². The zero-order chi connectivity index (χ0) is 20.5. The number of carbonyl (C=O) groups excluding carboxylic acids is 1. The van der Waals surface area contributed by atoms with Gasteiger partial charge in [0.2, 0.25) is 0 Å². The van der Waals surface area contributed by atoms with E-state index in [2.05, 4.69) is 10.3 Å². The van der Waals surface area contributed by atoms with Gasteiger partial charge in [-0.2, -0.15) is 13.2 Å². The summed E-state index contributed by atoms with van der Waals surface area (Å²) in [4.78, 5) is 16.4. The van der Waals surface area contributed by atoms with E-state index in [0.717, 1.165) is 0 Å². The lowest BCUT2D eigenvalue weighted by atomic mass is 9.85. The molecule has 1 amide bonds. The van der Waals surface area contributed by atoms with Crippen LogP contribution in [0.25, 0.3) is 0 Å². The second-order valence-electron chi connectivity index (χ2n) is 6.85. The summed E-state index contributed by atoms with van der Waals surface area (Å²) in [5.41, 5.74) is -0.700. The van der Waals surface area contributed by atoms with E-state index >= 15 is 0 Å². The van der Waals surface area contributed by atoms with Gasteiger partial charge < -0.3 is 4.74 Å². The summed E-state index contributed by atoms with van der Waals surface area (Å²) in [6, 6.07) is 11.6. The molecule has 1 aliphatic rings. The first-order valence-corrected chi connectivity index (χ1v) is 8.55. The molecule has 0 aliphatic carbocycles. The van der Waals surface area contributed by atoms with Crippen molar-refractivity contribution in [3.8, 4) is 0 Å². The van der Waals surface area contributed by atoms with Gasteiger partial charge in [0.05, 0.1) is 5.54 Å². The molecule has 0 unspecified atom stereocenters. The Kier molecular flexibility index (Phi) is 5.14. The van der Waals surface area contributed by atoms with E-state index in [9.17, 15) is 22.4 Å². The van der Waals surface area contributed by atoms with E-state index in [1.54, 1.807) is 31.2 Å². The molecule has 0 spiro atoms. The highest BCUT2D eigenvalue weighted by molar-refractivity contribution is 6.04. The number of hydrogen-bond donors (Lipinski definition) is 1. The lowest BCUT2D eigenvalue weighted by Crippen LogP contribution is -2.48. The summed E-state index contributed by atoms with van der Waals surface area (Å²) >= 11 is 0. The lowest BCUT2D eigenvalue weighted by Gasteiger charge is -2.36. The monoisotopic (exact) mass is 394 g/mol. The Morgan fingerprint density at radius 3 is 2.50 bits per heavy atom. The van der Waals surface area contributed by atoms with Crippen molar-refractivity contribution in [3.63, 3.8) is 0 Å². The number of benzene rings is 2. The molecule has 1 heterocycles. The lowest BCUT2D eigenvalue weighted by molar-refractivity contribution is -0.208. The second kappa shape index (κ2) is 7.26. The molecule has 4 nitrogen and oxygen atoms in total. The first-order chi connectivity index (χ1) is 13.1. The van der Waals surface area contributed by atoms with Crippen LogP contribution in [0, 0.1) is 12.7 Å². The number of nitrogens with one attached hydrogen (secondary N) is 1. The van der Waals surface area contributed by atoms with Crippen LogP contribution in [-0.2, 0) is 10.3 Å². The van der Waals surface area contributed by atoms with E-state index < -0.39 is 42.0 Å². The maximum absolute atomic E-state index is 14.5. The van der Waals surface area contributed by atoms with Gasteiger partial charge in [-0.15, -0.1) is 0 Å². The minimum absolute atomic E-state index is 0.00195. The van der Waals surface area contributed by atoms with Crippen molar-refractivity contribution in [2.75, 3.05) is 0 Å². The highest BCUT2D eigenvalue weighted by Gasteiger charge is 2.50. The van der Waals surface area contributed by atoms with Gasteiger partial charge in [-0.3, -0.25) is 10.1 Å². The number of halogens is 4. The first-order valence-electron chi connectivity index (χ1n) is 8.55. The van der Waals surface area contributed by atoms with Crippen molar-refractivity contribution in [2.24, 2.45) is 4.99 Å². The van der Waals surface area contributed by atoms with Crippen LogP contribution < -0.4 is 5.32 Å². The van der Waals surface area contributed by atoms with Crippen LogP contribution in [0.2, 0.25) is 0 Å². The molecule has 2 aromatic rings. The molecule has 0 bridgehead atoms. The van der Waals surface area contributed by atoms with Crippen molar-refractivity contribution in [3.05, 3.63) is 71.0 Å². The van der Waals surface area contributed by atoms with Crippen LogP contribution >= 0.6 is 0 Å². The van der Waals surface area contributed by atoms with Gasteiger partial charge >= 0.3 is 6.18 Å². The van der Waals surface area contributed by atoms with Crippen LogP contribution in [0.4, 0.5) is 17.6 Å². The van der Waals surface area contributed by atoms with Crippen molar-refractivity contribution < 1.29 is 27.1 Å². The third-order valence-electron chi connectivity index (χ3n) is 4.51. The van der Waals surface area contributed by atoms with Crippen LogP contribution in [0.15, 0.2) is 53.5 Å². The van der Waals surface area contributed by atoms with Gasteiger partial charge in [0, 0.05) is 17.5 Å². The van der Waals surface area contributed by atoms with E-state index in [1.807, 2.05) is 0 Å². The van der Waals surface area contributed by atoms with E-state index in [-0.39, 0.29) is 11.1 Å². The van der Waals surface area contributed by atoms with Crippen molar-refractivity contribution in [1.29, 1.82) is 0 Å².